The lowest BCUT2D eigenvalue weighted by Gasteiger charge is -2.28. The molecule has 0 atom stereocenters. The van der Waals surface area contributed by atoms with Crippen molar-refractivity contribution >= 4 is 154 Å². The summed E-state index contributed by atoms with van der Waals surface area (Å²) in [4.78, 5) is 4.71. The van der Waals surface area contributed by atoms with Gasteiger partial charge in [0.05, 0.1) is 17.1 Å². The van der Waals surface area contributed by atoms with Gasteiger partial charge in [0.15, 0.2) is 11.2 Å². The molecule has 0 radical (unpaired) electrons. The Hall–Kier alpha value is -14.5. The lowest BCUT2D eigenvalue weighted by Crippen LogP contribution is -2.11. The van der Waals surface area contributed by atoms with Crippen LogP contribution < -0.4 is 9.80 Å². The second kappa shape index (κ2) is 25.7. The summed E-state index contributed by atoms with van der Waals surface area (Å²) in [7, 11) is 0. The highest BCUT2D eigenvalue weighted by Crippen LogP contribution is 2.52. The second-order valence-corrected chi connectivity index (χ2v) is 27.7. The largest absolute Gasteiger partial charge is 0.455 e. The van der Waals surface area contributed by atoms with Gasteiger partial charge in [-0.3, -0.25) is 0 Å². The normalized spacial score (nSPS) is 11.7. The van der Waals surface area contributed by atoms with Crippen LogP contribution >= 0.6 is 0 Å². The van der Waals surface area contributed by atoms with Gasteiger partial charge in [-0.25, -0.2) is 0 Å². The number of benzene rings is 18. The molecule has 18 aromatic carbocycles. The highest BCUT2D eigenvalue weighted by molar-refractivity contribution is 6.19. The van der Waals surface area contributed by atoms with Gasteiger partial charge in [0.2, 0.25) is 0 Å². The van der Waals surface area contributed by atoms with Crippen molar-refractivity contribution in [1.29, 1.82) is 0 Å². The number of nitrogens with zero attached hydrogens (tertiary/aromatic N) is 2. The molecule has 22 rings (SSSR count). The van der Waals surface area contributed by atoms with Crippen molar-refractivity contribution in [2.24, 2.45) is 0 Å². The lowest BCUT2D eigenvalue weighted by atomic mass is 9.90. The van der Waals surface area contributed by atoms with E-state index in [0.717, 1.165) is 172 Å². The van der Waals surface area contributed by atoms with Crippen molar-refractivity contribution in [2.45, 2.75) is 0 Å². The van der Waals surface area contributed by atoms with Crippen LogP contribution in [0, 0.1) is 0 Å². The summed E-state index contributed by atoms with van der Waals surface area (Å²) in [5.74, 6) is 0. The Morgan fingerprint density at radius 1 is 0.157 bits per heavy atom. The number of rotatable bonds is 11. The van der Waals surface area contributed by atoms with E-state index in [9.17, 15) is 0 Å². The van der Waals surface area contributed by atoms with Gasteiger partial charge >= 0.3 is 0 Å². The van der Waals surface area contributed by atoms with E-state index in [2.05, 4.69) is 362 Å². The first kappa shape index (κ1) is 62.1. The fourth-order valence-electron chi connectivity index (χ4n) is 16.6. The zero-order valence-electron chi connectivity index (χ0n) is 58.5. The summed E-state index contributed by atoms with van der Waals surface area (Å²) >= 11 is 0. The molecule has 0 aliphatic carbocycles. The highest BCUT2D eigenvalue weighted by atomic mass is 16.3. The number of anilines is 6. The summed E-state index contributed by atoms with van der Waals surface area (Å²) in [5.41, 5.74) is 24.2. The first-order valence-electron chi connectivity index (χ1n) is 36.7. The van der Waals surface area contributed by atoms with Gasteiger partial charge in [0.25, 0.3) is 0 Å². The molecule has 0 saturated carbocycles. The molecule has 0 unspecified atom stereocenters. The minimum atomic E-state index is 0.843. The Balaban J connectivity index is 0.000000138. The van der Waals surface area contributed by atoms with Crippen LogP contribution in [0.5, 0.6) is 0 Å². The number of furan rings is 4. The predicted molar refractivity (Wildman–Crippen MR) is 451 cm³/mol. The lowest BCUT2D eigenvalue weighted by molar-refractivity contribution is 0.668. The molecule has 0 amide bonds. The maximum absolute atomic E-state index is 6.75. The average molecular weight is 1380 g/mol. The van der Waals surface area contributed by atoms with Crippen LogP contribution in [0.4, 0.5) is 34.1 Å². The number of hydrogen-bond donors (Lipinski definition) is 0. The molecule has 506 valence electrons. The third-order valence-corrected chi connectivity index (χ3v) is 21.5. The van der Waals surface area contributed by atoms with Gasteiger partial charge in [0.1, 0.15) is 33.5 Å². The van der Waals surface area contributed by atoms with Gasteiger partial charge in [-0.05, 0) is 150 Å². The van der Waals surface area contributed by atoms with Crippen molar-refractivity contribution in [2.75, 3.05) is 9.80 Å². The third-order valence-electron chi connectivity index (χ3n) is 21.5. The fraction of sp³-hybridized carbons (Fsp3) is 0. The molecule has 0 spiro atoms. The molecule has 4 heterocycles. The van der Waals surface area contributed by atoms with Gasteiger partial charge in [0, 0.05) is 76.7 Å². The smallest absolute Gasteiger partial charge is 0.159 e. The third kappa shape index (κ3) is 10.4. The molecule has 0 saturated heterocycles. The van der Waals surface area contributed by atoms with E-state index in [1.54, 1.807) is 0 Å². The molecular formula is C102H64N2O4. The van der Waals surface area contributed by atoms with E-state index in [1.807, 2.05) is 36.4 Å². The van der Waals surface area contributed by atoms with Crippen LogP contribution in [0.15, 0.2) is 406 Å². The van der Waals surface area contributed by atoms with Gasteiger partial charge in [-0.1, -0.05) is 309 Å². The number of hydrogen-bond acceptors (Lipinski definition) is 6. The van der Waals surface area contributed by atoms with E-state index in [-0.39, 0.29) is 0 Å². The molecule has 0 aliphatic rings. The fourth-order valence-corrected chi connectivity index (χ4v) is 16.6. The molecule has 4 aromatic heterocycles. The molecular weight excluding hydrogens is 1320 g/mol. The van der Waals surface area contributed by atoms with Crippen LogP contribution in [-0.4, -0.2) is 0 Å². The van der Waals surface area contributed by atoms with Crippen LogP contribution in [0.3, 0.4) is 0 Å². The summed E-state index contributed by atoms with van der Waals surface area (Å²) in [5, 5.41) is 16.0. The van der Waals surface area contributed by atoms with E-state index in [0.29, 0.717) is 0 Å². The molecule has 6 heteroatoms. The van der Waals surface area contributed by atoms with Crippen LogP contribution in [0.25, 0.3) is 176 Å². The first-order valence-corrected chi connectivity index (χ1v) is 36.7. The Kier molecular flexibility index (Phi) is 14.8. The minimum absolute atomic E-state index is 0.843. The van der Waals surface area contributed by atoms with Crippen molar-refractivity contribution in [3.63, 3.8) is 0 Å². The predicted octanol–water partition coefficient (Wildman–Crippen LogP) is 29.7. The summed E-state index contributed by atoms with van der Waals surface area (Å²) < 4.78 is 26.8. The molecule has 0 N–H and O–H groups in total. The van der Waals surface area contributed by atoms with Crippen molar-refractivity contribution < 1.29 is 17.7 Å². The average Bonchev–Trinajstić information content (AvgIpc) is 1.81. The number of fused-ring (bicyclic) bond motifs is 16. The first-order chi connectivity index (χ1) is 53.6. The van der Waals surface area contributed by atoms with E-state index in [4.69, 9.17) is 17.7 Å². The molecule has 108 heavy (non-hydrogen) atoms. The second-order valence-electron chi connectivity index (χ2n) is 27.7. The maximum atomic E-state index is 6.75. The quantitative estimate of drug-likeness (QED) is 0.120. The van der Waals surface area contributed by atoms with Gasteiger partial charge in [-0.15, -0.1) is 0 Å². The zero-order chi connectivity index (χ0) is 71.2. The Bertz CT molecular complexity index is 7260. The van der Waals surface area contributed by atoms with Crippen LogP contribution in [0.1, 0.15) is 0 Å². The number of para-hydroxylation sites is 8. The van der Waals surface area contributed by atoms with Crippen molar-refractivity contribution in [3.05, 3.63) is 388 Å². The summed E-state index contributed by atoms with van der Waals surface area (Å²) in [6.45, 7) is 0. The van der Waals surface area contributed by atoms with Crippen molar-refractivity contribution in [3.8, 4) is 55.6 Å². The van der Waals surface area contributed by atoms with E-state index >= 15 is 0 Å². The summed E-state index contributed by atoms with van der Waals surface area (Å²) in [6.07, 6.45) is 0. The van der Waals surface area contributed by atoms with E-state index < -0.39 is 0 Å². The highest BCUT2D eigenvalue weighted by Gasteiger charge is 2.27. The van der Waals surface area contributed by atoms with Crippen LogP contribution in [-0.2, 0) is 0 Å². The Morgan fingerprint density at radius 3 is 1.08 bits per heavy atom. The van der Waals surface area contributed by atoms with Gasteiger partial charge in [-0.2, -0.15) is 0 Å². The molecule has 6 nitrogen and oxygen atoms in total. The standard InChI is InChI=1S/C52H33NO2.C50H31NO2/c1-2-13-34(14-3-1)35-27-29-37(30-28-35)53(48-24-12-23-45-43-19-7-9-26-50(43)55-52(45)48)38-31-32-41(40-20-10-16-36-15-4-5-17-39(36)40)47(33-38)46-22-11-21-44-42-18-6-8-25-49(42)54-51(44)46;1-2-14-32(15-3-1)36-29-28-34(31-44(36)43-23-12-22-41-39-20-8-10-26-47(39)52-49(41)43)51(45-25-13-24-42-40-21-9-11-27-48(40)53-50(42)45)46-30-33-16-4-5-17-35(33)37-18-6-7-19-38(37)46/h1-33H;1-31H. The SMILES string of the molecule is c1ccc(-c2ccc(N(c3cc4ccccc4c4ccccc34)c3cccc4c3oc3ccccc34)cc2-c2cccc3c2oc2ccccc23)cc1.c1ccc(-c2ccc(N(c3ccc(-c4cccc5ccccc45)c(-c4cccc5c4oc4ccccc45)c3)c3cccc4c3oc3ccccc34)cc2)cc1. The molecule has 0 aliphatic heterocycles. The zero-order valence-corrected chi connectivity index (χ0v) is 58.5. The van der Waals surface area contributed by atoms with Crippen LogP contribution in [0.2, 0.25) is 0 Å². The topological polar surface area (TPSA) is 59.0 Å². The van der Waals surface area contributed by atoms with Gasteiger partial charge < -0.3 is 27.5 Å². The minimum Gasteiger partial charge on any atom is -0.455 e. The summed E-state index contributed by atoms with van der Waals surface area (Å²) in [6, 6.07) is 138. The van der Waals surface area contributed by atoms with Crippen molar-refractivity contribution in [1.82, 2.24) is 0 Å². The Morgan fingerprint density at radius 2 is 0.519 bits per heavy atom. The monoisotopic (exact) mass is 1380 g/mol. The maximum Gasteiger partial charge on any atom is 0.159 e. The van der Waals surface area contributed by atoms with E-state index in [1.165, 1.54) is 38.1 Å². The molecule has 0 fully saturated rings. The molecule has 22 aromatic rings. The molecule has 0 bridgehead atoms. The Labute approximate surface area is 621 Å².